The molecule has 2 aliphatic carbocycles. The summed E-state index contributed by atoms with van der Waals surface area (Å²) in [5, 5.41) is 0. The van der Waals surface area contributed by atoms with Crippen LogP contribution in [0.25, 0.3) is 0 Å². The maximum Gasteiger partial charge on any atom is 0.164 e. The summed E-state index contributed by atoms with van der Waals surface area (Å²) in [5.41, 5.74) is 2.71. The molecule has 1 aromatic rings. The van der Waals surface area contributed by atoms with Gasteiger partial charge in [0, 0.05) is 23.7 Å². The molecule has 19 heavy (non-hydrogen) atoms. The first-order valence-corrected chi connectivity index (χ1v) is 7.47. The van der Waals surface area contributed by atoms with E-state index in [9.17, 15) is 0 Å². The van der Waals surface area contributed by atoms with Crippen molar-refractivity contribution in [2.45, 2.75) is 37.6 Å². The van der Waals surface area contributed by atoms with Gasteiger partial charge in [-0.05, 0) is 24.0 Å². The van der Waals surface area contributed by atoms with E-state index in [1.54, 1.807) is 0 Å². The Morgan fingerprint density at radius 2 is 1.26 bits per heavy atom. The van der Waals surface area contributed by atoms with E-state index in [4.69, 9.17) is 14.2 Å². The summed E-state index contributed by atoms with van der Waals surface area (Å²) in [5.74, 6) is 2.43. The van der Waals surface area contributed by atoms with Crippen molar-refractivity contribution in [1.82, 2.24) is 0 Å². The van der Waals surface area contributed by atoms with Gasteiger partial charge < -0.3 is 14.2 Å². The molecule has 0 unspecified atom stereocenters. The monoisotopic (exact) mass is 256 g/mol. The maximum absolute atomic E-state index is 6.29. The molecule has 1 aromatic carbocycles. The maximum atomic E-state index is 6.29. The summed E-state index contributed by atoms with van der Waals surface area (Å²) in [7, 11) is 0. The van der Waals surface area contributed by atoms with Crippen molar-refractivity contribution in [2.75, 3.05) is 0 Å². The van der Waals surface area contributed by atoms with Crippen LogP contribution in [0, 0.1) is 23.7 Å². The number of fused-ring (bicyclic) bond motifs is 4. The van der Waals surface area contributed by atoms with E-state index in [2.05, 4.69) is 24.3 Å². The van der Waals surface area contributed by atoms with Crippen molar-refractivity contribution in [3.8, 4) is 0 Å². The third kappa shape index (κ3) is 0.979. The minimum atomic E-state index is -0.0258. The first-order chi connectivity index (χ1) is 9.42. The summed E-state index contributed by atoms with van der Waals surface area (Å²) in [6.45, 7) is 0. The van der Waals surface area contributed by atoms with Crippen LogP contribution in [0.1, 0.15) is 36.2 Å². The van der Waals surface area contributed by atoms with Gasteiger partial charge in [-0.2, -0.15) is 0 Å². The second kappa shape index (κ2) is 3.05. The van der Waals surface area contributed by atoms with Gasteiger partial charge >= 0.3 is 0 Å². The fourth-order valence-electron chi connectivity index (χ4n) is 5.49. The zero-order valence-corrected chi connectivity index (χ0v) is 10.6. The molecule has 0 N–H and O–H groups in total. The summed E-state index contributed by atoms with van der Waals surface area (Å²) in [6.07, 6.45) is 2.95. The normalized spacial score (nSPS) is 55.4. The third-order valence-electron chi connectivity index (χ3n) is 6.10. The molecule has 3 heteroatoms. The van der Waals surface area contributed by atoms with Crippen LogP contribution < -0.4 is 0 Å². The molecule has 4 saturated heterocycles. The lowest BCUT2D eigenvalue weighted by atomic mass is 9.60. The molecule has 4 heterocycles. The van der Waals surface area contributed by atoms with Gasteiger partial charge in [0.15, 0.2) is 12.6 Å². The number of hydrogen-bond acceptors (Lipinski definition) is 3. The van der Waals surface area contributed by atoms with Gasteiger partial charge in [0.05, 0.1) is 12.2 Å². The van der Waals surface area contributed by atoms with Crippen molar-refractivity contribution in [3.05, 3.63) is 35.4 Å². The van der Waals surface area contributed by atoms with Gasteiger partial charge in [0.25, 0.3) is 0 Å². The smallest absolute Gasteiger partial charge is 0.164 e. The quantitative estimate of drug-likeness (QED) is 0.714. The lowest BCUT2D eigenvalue weighted by Gasteiger charge is -2.42. The molecule has 0 aromatic heterocycles. The number of hydrogen-bond donors (Lipinski definition) is 0. The van der Waals surface area contributed by atoms with Gasteiger partial charge in [-0.3, -0.25) is 0 Å². The Hall–Kier alpha value is -0.900. The fraction of sp³-hybridized carbons (Fsp3) is 0.625. The summed E-state index contributed by atoms with van der Waals surface area (Å²) >= 11 is 0. The molecule has 0 spiro atoms. The Bertz CT molecular complexity index is 522. The molecule has 6 aliphatic rings. The second-order valence-corrected chi connectivity index (χ2v) is 6.67. The molecule has 4 aliphatic heterocycles. The molecule has 8 atom stereocenters. The van der Waals surface area contributed by atoms with E-state index in [-0.39, 0.29) is 24.8 Å². The molecule has 0 radical (unpaired) electrons. The van der Waals surface area contributed by atoms with E-state index in [0.717, 1.165) is 0 Å². The number of benzene rings is 1. The SMILES string of the molecule is c1ccc2c(c1)[C@H]1O[C@@H]3O[C@@H]4O[C@@H]2[C@@H]2[C@H]4CC[C@H]3[C@H]21. The lowest BCUT2D eigenvalue weighted by molar-refractivity contribution is -0.244. The summed E-state index contributed by atoms with van der Waals surface area (Å²) in [4.78, 5) is 0. The highest BCUT2D eigenvalue weighted by atomic mass is 16.8. The Balaban J connectivity index is 1.67. The van der Waals surface area contributed by atoms with Crippen LogP contribution in [0.15, 0.2) is 24.3 Å². The largest absolute Gasteiger partial charge is 0.344 e. The molecule has 3 nitrogen and oxygen atoms in total. The van der Waals surface area contributed by atoms with Gasteiger partial charge in [0.2, 0.25) is 0 Å². The third-order valence-corrected chi connectivity index (χ3v) is 6.10. The fourth-order valence-corrected chi connectivity index (χ4v) is 5.49. The Morgan fingerprint density at radius 3 is 1.79 bits per heavy atom. The first kappa shape index (κ1) is 9.92. The Morgan fingerprint density at radius 1 is 0.737 bits per heavy atom. The molecule has 5 fully saturated rings. The van der Waals surface area contributed by atoms with Crippen LogP contribution in [0.5, 0.6) is 0 Å². The van der Waals surface area contributed by atoms with Crippen molar-refractivity contribution in [2.24, 2.45) is 23.7 Å². The highest BCUT2D eigenvalue weighted by molar-refractivity contribution is 5.38. The molecule has 98 valence electrons. The molecular weight excluding hydrogens is 240 g/mol. The van der Waals surface area contributed by atoms with Gasteiger partial charge in [-0.15, -0.1) is 0 Å². The van der Waals surface area contributed by atoms with E-state index < -0.39 is 0 Å². The number of rotatable bonds is 0. The molecule has 0 amide bonds. The van der Waals surface area contributed by atoms with Crippen molar-refractivity contribution in [3.63, 3.8) is 0 Å². The van der Waals surface area contributed by atoms with Crippen molar-refractivity contribution >= 4 is 0 Å². The summed E-state index contributed by atoms with van der Waals surface area (Å²) in [6, 6.07) is 8.69. The van der Waals surface area contributed by atoms with Crippen molar-refractivity contribution < 1.29 is 14.2 Å². The molecule has 7 rings (SSSR count). The predicted molar refractivity (Wildman–Crippen MR) is 65.9 cm³/mol. The van der Waals surface area contributed by atoms with Crippen LogP contribution in [-0.2, 0) is 14.2 Å². The van der Waals surface area contributed by atoms with Crippen LogP contribution in [0.3, 0.4) is 0 Å². The minimum Gasteiger partial charge on any atom is -0.344 e. The van der Waals surface area contributed by atoms with E-state index in [1.807, 2.05) is 0 Å². The van der Waals surface area contributed by atoms with Gasteiger partial charge in [0.1, 0.15) is 0 Å². The molecule has 6 bridgehead atoms. The average Bonchev–Trinajstić information content (AvgIpc) is 2.94. The highest BCUT2D eigenvalue weighted by Gasteiger charge is 2.66. The van der Waals surface area contributed by atoms with E-state index in [0.29, 0.717) is 23.7 Å². The first-order valence-electron chi connectivity index (χ1n) is 7.47. The van der Waals surface area contributed by atoms with Crippen LogP contribution >= 0.6 is 0 Å². The van der Waals surface area contributed by atoms with Crippen molar-refractivity contribution in [1.29, 1.82) is 0 Å². The average molecular weight is 256 g/mol. The highest BCUT2D eigenvalue weighted by Crippen LogP contribution is 2.67. The van der Waals surface area contributed by atoms with Crippen LogP contribution in [0.4, 0.5) is 0 Å². The van der Waals surface area contributed by atoms with Gasteiger partial charge in [-0.25, -0.2) is 0 Å². The lowest BCUT2D eigenvalue weighted by Crippen LogP contribution is -2.38. The zero-order chi connectivity index (χ0) is 12.1. The standard InChI is InChI=1S/C16H16O3/c1-2-4-8-7(3-1)13-11-9-5-6-10-12(11)14(8)18-16(10)19-15(9)17-13/h1-4,9-16H,5-6H2/t9-,10+,11-,12-,13+,14-,15+,16-/m1/s1. The Kier molecular flexibility index (Phi) is 1.59. The number of ether oxygens (including phenoxy) is 3. The Labute approximate surface area is 111 Å². The molecule has 1 saturated carbocycles. The van der Waals surface area contributed by atoms with Crippen LogP contribution in [-0.4, -0.2) is 12.6 Å². The second-order valence-electron chi connectivity index (χ2n) is 6.67. The zero-order valence-electron chi connectivity index (χ0n) is 10.6. The predicted octanol–water partition coefficient (Wildman–Crippen LogP) is 2.78. The minimum absolute atomic E-state index is 0.0258. The van der Waals surface area contributed by atoms with E-state index >= 15 is 0 Å². The van der Waals surface area contributed by atoms with E-state index in [1.165, 1.54) is 24.0 Å². The van der Waals surface area contributed by atoms with Crippen LogP contribution in [0.2, 0.25) is 0 Å². The molecular formula is C16H16O3. The summed E-state index contributed by atoms with van der Waals surface area (Å²) < 4.78 is 18.7. The van der Waals surface area contributed by atoms with Gasteiger partial charge in [-0.1, -0.05) is 24.3 Å². The topological polar surface area (TPSA) is 27.7 Å².